The maximum atomic E-state index is 12.4. The highest BCUT2D eigenvalue weighted by Crippen LogP contribution is 2.33. The number of likely N-dealkylation sites (N-methyl/N-ethyl adjacent to an activating group) is 1. The van der Waals surface area contributed by atoms with Gasteiger partial charge in [-0.25, -0.2) is 0 Å². The number of amides is 1. The molecule has 1 aromatic rings. The van der Waals surface area contributed by atoms with Crippen LogP contribution in [0.1, 0.15) is 37.7 Å². The van der Waals surface area contributed by atoms with E-state index in [9.17, 15) is 4.79 Å². The smallest absolute Gasteiger partial charge is 0.237 e. The van der Waals surface area contributed by atoms with Gasteiger partial charge in [-0.15, -0.1) is 24.8 Å². The fourth-order valence-corrected chi connectivity index (χ4v) is 3.88. The first kappa shape index (κ1) is 24.0. The minimum atomic E-state index is -0.0123. The van der Waals surface area contributed by atoms with E-state index in [1.54, 1.807) is 0 Å². The number of ether oxygens (including phenoxy) is 1. The number of benzene rings is 1. The van der Waals surface area contributed by atoms with Gasteiger partial charge in [-0.05, 0) is 57.0 Å². The van der Waals surface area contributed by atoms with Crippen LogP contribution in [0.15, 0.2) is 24.3 Å². The Morgan fingerprint density at radius 2 is 1.89 bits per heavy atom. The van der Waals surface area contributed by atoms with Gasteiger partial charge in [0.05, 0.1) is 6.04 Å². The Bertz CT molecular complexity index is 555. The highest BCUT2D eigenvalue weighted by atomic mass is 35.5. The van der Waals surface area contributed by atoms with Crippen molar-refractivity contribution in [2.45, 2.75) is 50.7 Å². The molecule has 1 aromatic carbocycles. The molecule has 0 bridgehead atoms. The van der Waals surface area contributed by atoms with Crippen LogP contribution in [0.2, 0.25) is 0 Å². The van der Waals surface area contributed by atoms with Crippen LogP contribution in [0.25, 0.3) is 0 Å². The number of nitrogens with zero attached hydrogens (tertiary/aromatic N) is 1. The molecule has 0 radical (unpaired) electrons. The first-order chi connectivity index (χ1) is 12.1. The average Bonchev–Trinajstić information content (AvgIpc) is 3.05. The molecule has 1 heterocycles. The fraction of sp³-hybridized carbons (Fsp3) is 0.650. The second-order valence-corrected chi connectivity index (χ2v) is 7.62. The van der Waals surface area contributed by atoms with E-state index in [0.29, 0.717) is 25.1 Å². The lowest BCUT2D eigenvalue weighted by atomic mass is 9.85. The molecule has 1 saturated carbocycles. The number of nitrogens with one attached hydrogen (secondary N) is 2. The van der Waals surface area contributed by atoms with E-state index in [-0.39, 0.29) is 36.8 Å². The Kier molecular flexibility index (Phi) is 10.5. The number of fused-ring (bicyclic) bond motifs is 1. The van der Waals surface area contributed by atoms with Gasteiger partial charge in [0.1, 0.15) is 12.4 Å². The Morgan fingerprint density at radius 3 is 2.56 bits per heavy atom. The van der Waals surface area contributed by atoms with Crippen LogP contribution < -0.4 is 15.4 Å². The van der Waals surface area contributed by atoms with Crippen LogP contribution in [-0.2, 0) is 11.3 Å². The number of carbonyl (C=O) groups excluding carboxylic acids is 1. The standard InChI is InChI=1S/C20H31N3O2.2ClH/c1-23(2)11-12-25-17-9-7-15(8-10-17)14-21-20(24)19-13-16-5-3-4-6-18(16)22-19;;/h7-10,16,18-19,22H,3-6,11-14H2,1-2H3,(H,21,24);2*1H. The molecule has 1 saturated heterocycles. The molecule has 5 nitrogen and oxygen atoms in total. The first-order valence-corrected chi connectivity index (χ1v) is 9.52. The van der Waals surface area contributed by atoms with Crippen molar-refractivity contribution < 1.29 is 9.53 Å². The van der Waals surface area contributed by atoms with Crippen LogP contribution in [0.5, 0.6) is 5.75 Å². The fourth-order valence-electron chi connectivity index (χ4n) is 3.88. The summed E-state index contributed by atoms with van der Waals surface area (Å²) < 4.78 is 5.69. The predicted molar refractivity (Wildman–Crippen MR) is 114 cm³/mol. The van der Waals surface area contributed by atoms with Crippen molar-refractivity contribution in [1.29, 1.82) is 0 Å². The molecular formula is C20H33Cl2N3O2. The number of carbonyl (C=O) groups is 1. The molecule has 0 aromatic heterocycles. The van der Waals surface area contributed by atoms with Crippen molar-refractivity contribution in [3.63, 3.8) is 0 Å². The Balaban J connectivity index is 0.00000182. The van der Waals surface area contributed by atoms with Crippen molar-refractivity contribution in [3.05, 3.63) is 29.8 Å². The Hall–Kier alpha value is -1.01. The van der Waals surface area contributed by atoms with Crippen molar-refractivity contribution in [3.8, 4) is 5.75 Å². The van der Waals surface area contributed by atoms with E-state index in [1.807, 2.05) is 38.4 Å². The second kappa shape index (κ2) is 11.7. The van der Waals surface area contributed by atoms with E-state index in [4.69, 9.17) is 4.74 Å². The summed E-state index contributed by atoms with van der Waals surface area (Å²) in [5.74, 6) is 1.71. The molecule has 0 spiro atoms. The van der Waals surface area contributed by atoms with E-state index < -0.39 is 0 Å². The Labute approximate surface area is 175 Å². The lowest BCUT2D eigenvalue weighted by Crippen LogP contribution is -2.42. The number of halogens is 2. The number of hydrogen-bond acceptors (Lipinski definition) is 4. The quantitative estimate of drug-likeness (QED) is 0.715. The molecule has 3 rings (SSSR count). The largest absolute Gasteiger partial charge is 0.492 e. The van der Waals surface area contributed by atoms with Gasteiger partial charge in [0, 0.05) is 19.1 Å². The molecule has 1 amide bonds. The summed E-state index contributed by atoms with van der Waals surface area (Å²) >= 11 is 0. The van der Waals surface area contributed by atoms with Gasteiger partial charge < -0.3 is 20.3 Å². The maximum absolute atomic E-state index is 12.4. The molecule has 154 valence electrons. The average molecular weight is 418 g/mol. The first-order valence-electron chi connectivity index (χ1n) is 9.52. The summed E-state index contributed by atoms with van der Waals surface area (Å²) in [6, 6.07) is 8.53. The molecule has 27 heavy (non-hydrogen) atoms. The zero-order valence-corrected chi connectivity index (χ0v) is 17.9. The van der Waals surface area contributed by atoms with Gasteiger partial charge in [-0.2, -0.15) is 0 Å². The summed E-state index contributed by atoms with van der Waals surface area (Å²) in [7, 11) is 4.06. The third kappa shape index (κ3) is 7.15. The van der Waals surface area contributed by atoms with Gasteiger partial charge in [0.2, 0.25) is 5.91 Å². The van der Waals surface area contributed by atoms with Crippen molar-refractivity contribution in [2.24, 2.45) is 5.92 Å². The molecule has 1 aliphatic carbocycles. The normalized spacial score (nSPS) is 23.7. The van der Waals surface area contributed by atoms with Gasteiger partial charge >= 0.3 is 0 Å². The maximum Gasteiger partial charge on any atom is 0.237 e. The molecule has 7 heteroatoms. The lowest BCUT2D eigenvalue weighted by molar-refractivity contribution is -0.123. The van der Waals surface area contributed by atoms with Gasteiger partial charge in [0.15, 0.2) is 0 Å². The molecule has 3 unspecified atom stereocenters. The predicted octanol–water partition coefficient (Wildman–Crippen LogP) is 3.01. The SMILES string of the molecule is CN(C)CCOc1ccc(CNC(=O)C2CC3CCCCC3N2)cc1.Cl.Cl. The van der Waals surface area contributed by atoms with Crippen molar-refractivity contribution in [1.82, 2.24) is 15.5 Å². The van der Waals surface area contributed by atoms with Crippen molar-refractivity contribution >= 4 is 30.7 Å². The molecule has 1 aliphatic heterocycles. The van der Waals surface area contributed by atoms with Gasteiger partial charge in [-0.3, -0.25) is 4.79 Å². The second-order valence-electron chi connectivity index (χ2n) is 7.62. The van der Waals surface area contributed by atoms with Crippen LogP contribution in [0, 0.1) is 5.92 Å². The summed E-state index contributed by atoms with van der Waals surface area (Å²) in [6.45, 7) is 2.15. The molecular weight excluding hydrogens is 385 g/mol. The summed E-state index contributed by atoms with van der Waals surface area (Å²) in [6.07, 6.45) is 6.11. The topological polar surface area (TPSA) is 53.6 Å². The Morgan fingerprint density at radius 1 is 1.19 bits per heavy atom. The number of rotatable bonds is 7. The van der Waals surface area contributed by atoms with E-state index in [2.05, 4.69) is 15.5 Å². The molecule has 2 N–H and O–H groups in total. The van der Waals surface area contributed by atoms with Gasteiger partial charge in [-0.1, -0.05) is 25.0 Å². The molecule has 2 aliphatic rings. The molecule has 2 fully saturated rings. The molecule has 3 atom stereocenters. The summed E-state index contributed by atoms with van der Waals surface area (Å²) in [5, 5.41) is 6.61. The zero-order chi connectivity index (χ0) is 17.6. The van der Waals surface area contributed by atoms with Crippen LogP contribution in [-0.4, -0.2) is 50.1 Å². The zero-order valence-electron chi connectivity index (χ0n) is 16.3. The third-order valence-electron chi connectivity index (χ3n) is 5.38. The van der Waals surface area contributed by atoms with E-state index in [0.717, 1.165) is 24.3 Å². The van der Waals surface area contributed by atoms with Crippen molar-refractivity contribution in [2.75, 3.05) is 27.2 Å². The van der Waals surface area contributed by atoms with E-state index >= 15 is 0 Å². The minimum absolute atomic E-state index is 0. The van der Waals surface area contributed by atoms with Crippen LogP contribution >= 0.6 is 24.8 Å². The van der Waals surface area contributed by atoms with E-state index in [1.165, 1.54) is 25.7 Å². The monoisotopic (exact) mass is 417 g/mol. The number of hydrogen-bond donors (Lipinski definition) is 2. The minimum Gasteiger partial charge on any atom is -0.492 e. The van der Waals surface area contributed by atoms with Crippen LogP contribution in [0.4, 0.5) is 0 Å². The highest BCUT2D eigenvalue weighted by molar-refractivity contribution is 5.85. The van der Waals surface area contributed by atoms with Crippen LogP contribution in [0.3, 0.4) is 0 Å². The lowest BCUT2D eigenvalue weighted by Gasteiger charge is -2.24. The third-order valence-corrected chi connectivity index (χ3v) is 5.38. The summed E-state index contributed by atoms with van der Waals surface area (Å²) in [5.41, 5.74) is 1.10. The highest BCUT2D eigenvalue weighted by Gasteiger charge is 2.37. The van der Waals surface area contributed by atoms with Gasteiger partial charge in [0.25, 0.3) is 0 Å². The summed E-state index contributed by atoms with van der Waals surface area (Å²) in [4.78, 5) is 14.5.